The summed E-state index contributed by atoms with van der Waals surface area (Å²) in [6.45, 7) is 4.98. The molecule has 1 heterocycles. The van der Waals surface area contributed by atoms with Gasteiger partial charge in [-0.3, -0.25) is 4.79 Å². The first kappa shape index (κ1) is 13.6. The van der Waals surface area contributed by atoms with Crippen LogP contribution >= 0.6 is 15.9 Å². The molecule has 1 unspecified atom stereocenters. The first-order chi connectivity index (χ1) is 8.63. The third-order valence-corrected chi connectivity index (χ3v) is 4.40. The highest BCUT2D eigenvalue weighted by atomic mass is 79.9. The zero-order valence-electron chi connectivity index (χ0n) is 11.1. The predicted molar refractivity (Wildman–Crippen MR) is 79.4 cm³/mol. The van der Waals surface area contributed by atoms with Crippen LogP contribution in [0.1, 0.15) is 49.9 Å². The number of rotatable bonds is 3. The minimum atomic E-state index is 0.118. The number of hydrogen-bond donors (Lipinski definition) is 0. The maximum Gasteiger partial charge on any atom is 0.159 e. The molecule has 1 fully saturated rings. The fraction of sp³-hybridized carbons (Fsp3) is 0.533. The Morgan fingerprint density at radius 1 is 1.44 bits per heavy atom. The number of anilines is 1. The largest absolute Gasteiger partial charge is 0.368 e. The molecular weight excluding hydrogens is 290 g/mol. The van der Waals surface area contributed by atoms with Gasteiger partial charge in [0.1, 0.15) is 0 Å². The predicted octanol–water partition coefficient (Wildman–Crippen LogP) is 4.42. The van der Waals surface area contributed by atoms with Crippen molar-refractivity contribution in [1.29, 1.82) is 0 Å². The molecule has 1 aromatic carbocycles. The SMILES string of the molecule is CCC1CCCCN1c1ccc(C(C)=O)cc1Br. The second kappa shape index (κ2) is 5.87. The third kappa shape index (κ3) is 2.77. The molecule has 0 N–H and O–H groups in total. The van der Waals surface area contributed by atoms with E-state index in [2.05, 4.69) is 33.8 Å². The van der Waals surface area contributed by atoms with Crippen molar-refractivity contribution in [3.8, 4) is 0 Å². The molecule has 18 heavy (non-hydrogen) atoms. The van der Waals surface area contributed by atoms with Crippen molar-refractivity contribution < 1.29 is 4.79 Å². The highest BCUT2D eigenvalue weighted by Crippen LogP contribution is 2.33. The topological polar surface area (TPSA) is 20.3 Å². The number of nitrogens with zero attached hydrogens (tertiary/aromatic N) is 1. The lowest BCUT2D eigenvalue weighted by atomic mass is 9.99. The minimum absolute atomic E-state index is 0.118. The summed E-state index contributed by atoms with van der Waals surface area (Å²) in [4.78, 5) is 13.9. The molecule has 0 amide bonds. The van der Waals surface area contributed by atoms with E-state index in [1.807, 2.05) is 12.1 Å². The Bertz CT molecular complexity index is 444. The quantitative estimate of drug-likeness (QED) is 0.770. The van der Waals surface area contributed by atoms with E-state index in [0.717, 1.165) is 16.6 Å². The van der Waals surface area contributed by atoms with Gasteiger partial charge in [-0.05, 0) is 66.7 Å². The van der Waals surface area contributed by atoms with E-state index in [1.54, 1.807) is 6.92 Å². The van der Waals surface area contributed by atoms with Crippen LogP contribution in [0.3, 0.4) is 0 Å². The van der Waals surface area contributed by atoms with Crippen LogP contribution in [0.5, 0.6) is 0 Å². The van der Waals surface area contributed by atoms with Crippen molar-refractivity contribution in [1.82, 2.24) is 0 Å². The fourth-order valence-electron chi connectivity index (χ4n) is 2.70. The Morgan fingerprint density at radius 2 is 2.22 bits per heavy atom. The Hall–Kier alpha value is -0.830. The lowest BCUT2D eigenvalue weighted by molar-refractivity contribution is 0.101. The third-order valence-electron chi connectivity index (χ3n) is 3.76. The van der Waals surface area contributed by atoms with Crippen molar-refractivity contribution in [2.45, 2.75) is 45.6 Å². The van der Waals surface area contributed by atoms with Gasteiger partial charge in [0.25, 0.3) is 0 Å². The number of piperidine rings is 1. The van der Waals surface area contributed by atoms with Gasteiger partial charge in [-0.25, -0.2) is 0 Å². The number of benzene rings is 1. The lowest BCUT2D eigenvalue weighted by Gasteiger charge is -2.37. The normalized spacial score (nSPS) is 19.9. The summed E-state index contributed by atoms with van der Waals surface area (Å²) in [7, 11) is 0. The first-order valence-electron chi connectivity index (χ1n) is 6.70. The Labute approximate surface area is 117 Å². The summed E-state index contributed by atoms with van der Waals surface area (Å²) in [6, 6.07) is 6.59. The van der Waals surface area contributed by atoms with E-state index in [9.17, 15) is 4.79 Å². The summed E-state index contributed by atoms with van der Waals surface area (Å²) in [5.41, 5.74) is 2.00. The molecule has 2 rings (SSSR count). The van der Waals surface area contributed by atoms with Crippen molar-refractivity contribution in [3.63, 3.8) is 0 Å². The van der Waals surface area contributed by atoms with Gasteiger partial charge in [-0.1, -0.05) is 6.92 Å². The average Bonchev–Trinajstić information content (AvgIpc) is 2.38. The van der Waals surface area contributed by atoms with Gasteiger partial charge in [-0.2, -0.15) is 0 Å². The number of carbonyl (C=O) groups excluding carboxylic acids is 1. The standard InChI is InChI=1S/C15H20BrNO/c1-3-13-6-4-5-9-17(13)15-8-7-12(11(2)18)10-14(15)16/h7-8,10,13H,3-6,9H2,1-2H3. The first-order valence-corrected chi connectivity index (χ1v) is 7.50. The maximum atomic E-state index is 11.4. The van der Waals surface area contributed by atoms with Crippen LogP contribution in [-0.2, 0) is 0 Å². The van der Waals surface area contributed by atoms with Gasteiger partial charge in [0, 0.05) is 22.6 Å². The molecule has 0 saturated carbocycles. The highest BCUT2D eigenvalue weighted by Gasteiger charge is 2.22. The van der Waals surface area contributed by atoms with Crippen molar-refractivity contribution in [2.75, 3.05) is 11.4 Å². The van der Waals surface area contributed by atoms with Gasteiger partial charge in [0.15, 0.2) is 5.78 Å². The molecule has 0 radical (unpaired) electrons. The van der Waals surface area contributed by atoms with E-state index in [4.69, 9.17) is 0 Å². The summed E-state index contributed by atoms with van der Waals surface area (Å²) in [5.74, 6) is 0.118. The minimum Gasteiger partial charge on any atom is -0.368 e. The molecule has 1 atom stereocenters. The molecule has 1 saturated heterocycles. The monoisotopic (exact) mass is 309 g/mol. The summed E-state index contributed by atoms with van der Waals surface area (Å²) >= 11 is 3.61. The second-order valence-corrected chi connectivity index (χ2v) is 5.83. The summed E-state index contributed by atoms with van der Waals surface area (Å²) in [5, 5.41) is 0. The second-order valence-electron chi connectivity index (χ2n) is 4.97. The molecule has 1 aliphatic rings. The van der Waals surface area contributed by atoms with Gasteiger partial charge in [0.2, 0.25) is 0 Å². The van der Waals surface area contributed by atoms with Crippen LogP contribution in [0.15, 0.2) is 22.7 Å². The molecule has 0 spiro atoms. The Kier molecular flexibility index (Phi) is 4.44. The van der Waals surface area contributed by atoms with Crippen molar-refractivity contribution in [3.05, 3.63) is 28.2 Å². The van der Waals surface area contributed by atoms with E-state index < -0.39 is 0 Å². The lowest BCUT2D eigenvalue weighted by Crippen LogP contribution is -2.39. The van der Waals surface area contributed by atoms with Crippen molar-refractivity contribution >= 4 is 27.4 Å². The zero-order chi connectivity index (χ0) is 13.1. The summed E-state index contributed by atoms with van der Waals surface area (Å²) < 4.78 is 1.04. The van der Waals surface area contributed by atoms with Gasteiger partial charge in [-0.15, -0.1) is 0 Å². The highest BCUT2D eigenvalue weighted by molar-refractivity contribution is 9.10. The number of hydrogen-bond acceptors (Lipinski definition) is 2. The van der Waals surface area contributed by atoms with Crippen molar-refractivity contribution in [2.24, 2.45) is 0 Å². The van der Waals surface area contributed by atoms with Crippen LogP contribution in [0.2, 0.25) is 0 Å². The van der Waals surface area contributed by atoms with Crippen LogP contribution in [0.25, 0.3) is 0 Å². The van der Waals surface area contributed by atoms with Gasteiger partial charge >= 0.3 is 0 Å². The molecule has 3 heteroatoms. The number of halogens is 1. The van der Waals surface area contributed by atoms with Crippen LogP contribution < -0.4 is 4.90 Å². The number of carbonyl (C=O) groups is 1. The molecule has 1 aromatic rings. The van der Waals surface area contributed by atoms with Crippen LogP contribution in [0, 0.1) is 0 Å². The summed E-state index contributed by atoms with van der Waals surface area (Å²) in [6.07, 6.45) is 5.05. The number of ketones is 1. The van der Waals surface area contributed by atoms with E-state index in [0.29, 0.717) is 6.04 Å². The zero-order valence-corrected chi connectivity index (χ0v) is 12.7. The molecule has 0 aromatic heterocycles. The number of Topliss-reactive ketones (excluding diaryl/α,β-unsaturated/α-hetero) is 1. The maximum absolute atomic E-state index is 11.4. The van der Waals surface area contributed by atoms with E-state index >= 15 is 0 Å². The fourth-order valence-corrected chi connectivity index (χ4v) is 3.31. The van der Waals surface area contributed by atoms with Gasteiger partial charge in [0.05, 0.1) is 5.69 Å². The molecular formula is C15H20BrNO. The smallest absolute Gasteiger partial charge is 0.159 e. The molecule has 0 aliphatic carbocycles. The molecule has 2 nitrogen and oxygen atoms in total. The molecule has 0 bridgehead atoms. The van der Waals surface area contributed by atoms with E-state index in [-0.39, 0.29) is 5.78 Å². The van der Waals surface area contributed by atoms with Gasteiger partial charge < -0.3 is 4.90 Å². The molecule has 1 aliphatic heterocycles. The Balaban J connectivity index is 2.29. The average molecular weight is 310 g/mol. The van der Waals surface area contributed by atoms with Crippen LogP contribution in [0.4, 0.5) is 5.69 Å². The van der Waals surface area contributed by atoms with E-state index in [1.165, 1.54) is 31.4 Å². The van der Waals surface area contributed by atoms with Crippen LogP contribution in [-0.4, -0.2) is 18.4 Å². The Morgan fingerprint density at radius 3 is 2.83 bits per heavy atom. The molecule has 98 valence electrons.